The summed E-state index contributed by atoms with van der Waals surface area (Å²) < 4.78 is 5.67. The van der Waals surface area contributed by atoms with Crippen molar-refractivity contribution in [3.05, 3.63) is 33.2 Å². The molecular weight excluding hydrogens is 294 g/mol. The summed E-state index contributed by atoms with van der Waals surface area (Å²) >= 11 is 0. The highest BCUT2D eigenvalue weighted by molar-refractivity contribution is 5.94. The Balaban J connectivity index is 1.60. The van der Waals surface area contributed by atoms with Gasteiger partial charge in [0.2, 0.25) is 0 Å². The number of aromatic amines is 1. The first-order valence-electron chi connectivity index (χ1n) is 8.38. The molecule has 6 heteroatoms. The topological polar surface area (TPSA) is 65.6 Å². The molecule has 0 spiro atoms. The molecule has 2 saturated heterocycles. The molecule has 0 saturated carbocycles. The van der Waals surface area contributed by atoms with Crippen LogP contribution in [-0.2, 0) is 4.74 Å². The van der Waals surface area contributed by atoms with Crippen molar-refractivity contribution >= 4 is 5.91 Å². The van der Waals surface area contributed by atoms with Crippen LogP contribution in [0.1, 0.15) is 34.5 Å². The van der Waals surface area contributed by atoms with Gasteiger partial charge in [-0.2, -0.15) is 0 Å². The number of ether oxygens (including phenoxy) is 1. The fourth-order valence-corrected chi connectivity index (χ4v) is 3.27. The van der Waals surface area contributed by atoms with Gasteiger partial charge in [0.15, 0.2) is 0 Å². The Morgan fingerprint density at radius 2 is 2.04 bits per heavy atom. The number of nitrogens with one attached hydrogen (secondary N) is 1. The van der Waals surface area contributed by atoms with E-state index in [4.69, 9.17) is 4.74 Å². The molecule has 1 unspecified atom stereocenters. The van der Waals surface area contributed by atoms with Crippen molar-refractivity contribution in [2.45, 2.75) is 32.8 Å². The van der Waals surface area contributed by atoms with Crippen molar-refractivity contribution in [3.63, 3.8) is 0 Å². The second kappa shape index (κ2) is 6.84. The van der Waals surface area contributed by atoms with Crippen LogP contribution in [0.4, 0.5) is 0 Å². The minimum Gasteiger partial charge on any atom is -0.377 e. The highest BCUT2D eigenvalue weighted by Crippen LogP contribution is 2.15. The molecule has 2 fully saturated rings. The third-order valence-corrected chi connectivity index (χ3v) is 4.87. The van der Waals surface area contributed by atoms with Gasteiger partial charge in [-0.1, -0.05) is 0 Å². The third-order valence-electron chi connectivity index (χ3n) is 4.87. The molecule has 6 nitrogen and oxygen atoms in total. The predicted molar refractivity (Wildman–Crippen MR) is 87.9 cm³/mol. The highest BCUT2D eigenvalue weighted by Gasteiger charge is 2.26. The predicted octanol–water partition coefficient (Wildman–Crippen LogP) is 0.929. The lowest BCUT2D eigenvalue weighted by Crippen LogP contribution is -2.51. The van der Waals surface area contributed by atoms with Crippen LogP contribution in [0.3, 0.4) is 0 Å². The molecule has 0 aromatic carbocycles. The number of hydrogen-bond acceptors (Lipinski definition) is 4. The summed E-state index contributed by atoms with van der Waals surface area (Å²) in [6.07, 6.45) is 2.63. The van der Waals surface area contributed by atoms with Gasteiger partial charge in [-0.15, -0.1) is 0 Å². The Labute approximate surface area is 136 Å². The van der Waals surface area contributed by atoms with Crippen molar-refractivity contribution in [2.24, 2.45) is 0 Å². The van der Waals surface area contributed by atoms with E-state index in [-0.39, 0.29) is 17.0 Å². The van der Waals surface area contributed by atoms with Crippen molar-refractivity contribution in [2.75, 3.05) is 39.3 Å². The molecule has 2 aliphatic rings. The third kappa shape index (κ3) is 3.64. The fourth-order valence-electron chi connectivity index (χ4n) is 3.27. The number of aryl methyl sites for hydroxylation is 2. The Morgan fingerprint density at radius 1 is 1.30 bits per heavy atom. The van der Waals surface area contributed by atoms with Crippen LogP contribution in [-0.4, -0.2) is 66.1 Å². The van der Waals surface area contributed by atoms with Gasteiger partial charge in [0.1, 0.15) is 5.56 Å². The smallest absolute Gasteiger partial charge is 0.261 e. The van der Waals surface area contributed by atoms with Crippen molar-refractivity contribution in [1.29, 1.82) is 0 Å². The van der Waals surface area contributed by atoms with Crippen molar-refractivity contribution in [3.8, 4) is 0 Å². The molecule has 0 aliphatic carbocycles. The van der Waals surface area contributed by atoms with Crippen LogP contribution in [0.5, 0.6) is 0 Å². The quantitative estimate of drug-likeness (QED) is 0.900. The summed E-state index contributed by atoms with van der Waals surface area (Å²) in [5.41, 5.74) is 1.71. The summed E-state index contributed by atoms with van der Waals surface area (Å²) in [4.78, 5) is 31.5. The van der Waals surface area contributed by atoms with Gasteiger partial charge >= 0.3 is 0 Å². The lowest BCUT2D eigenvalue weighted by atomic mass is 10.1. The van der Waals surface area contributed by atoms with Crippen LogP contribution in [0, 0.1) is 13.8 Å². The monoisotopic (exact) mass is 319 g/mol. The summed E-state index contributed by atoms with van der Waals surface area (Å²) in [6, 6.07) is 1.70. The maximum Gasteiger partial charge on any atom is 0.261 e. The van der Waals surface area contributed by atoms with E-state index in [0.29, 0.717) is 19.2 Å². The normalized spacial score (nSPS) is 22.5. The van der Waals surface area contributed by atoms with Gasteiger partial charge in [0, 0.05) is 45.0 Å². The number of aromatic nitrogens is 1. The summed E-state index contributed by atoms with van der Waals surface area (Å²) in [6.45, 7) is 8.58. The van der Waals surface area contributed by atoms with E-state index in [9.17, 15) is 9.59 Å². The number of H-pyrrole nitrogens is 1. The number of rotatable bonds is 3. The minimum atomic E-state index is -0.292. The summed E-state index contributed by atoms with van der Waals surface area (Å²) in [7, 11) is 0. The molecule has 3 heterocycles. The molecule has 0 radical (unpaired) electrons. The second-order valence-corrected chi connectivity index (χ2v) is 6.55. The SMILES string of the molecule is Cc1cc(C(=O)N2CCN(CC3CCCO3)CC2)c(=O)[nH]c1C. The summed E-state index contributed by atoms with van der Waals surface area (Å²) in [5.74, 6) is -0.161. The molecule has 3 rings (SSSR count). The molecular formula is C17H25N3O3. The zero-order valence-electron chi connectivity index (χ0n) is 13.9. The minimum absolute atomic E-state index is 0.161. The van der Waals surface area contributed by atoms with E-state index in [1.807, 2.05) is 13.8 Å². The largest absolute Gasteiger partial charge is 0.377 e. The lowest BCUT2D eigenvalue weighted by Gasteiger charge is -2.35. The molecule has 1 aromatic heterocycles. The van der Waals surface area contributed by atoms with E-state index >= 15 is 0 Å². The van der Waals surface area contributed by atoms with E-state index in [1.165, 1.54) is 0 Å². The maximum atomic E-state index is 12.6. The number of nitrogens with zero attached hydrogens (tertiary/aromatic N) is 2. The molecule has 1 N–H and O–H groups in total. The number of carbonyl (C=O) groups excluding carboxylic acids is 1. The van der Waals surface area contributed by atoms with Crippen molar-refractivity contribution in [1.82, 2.24) is 14.8 Å². The van der Waals surface area contributed by atoms with Gasteiger partial charge in [0.05, 0.1) is 6.10 Å². The summed E-state index contributed by atoms with van der Waals surface area (Å²) in [5, 5.41) is 0. The first-order valence-corrected chi connectivity index (χ1v) is 8.38. The van der Waals surface area contributed by atoms with Crippen LogP contribution < -0.4 is 5.56 Å². The zero-order chi connectivity index (χ0) is 16.4. The Morgan fingerprint density at radius 3 is 2.70 bits per heavy atom. The lowest BCUT2D eigenvalue weighted by molar-refractivity contribution is 0.0432. The molecule has 2 aliphatic heterocycles. The number of pyridine rings is 1. The van der Waals surface area contributed by atoms with E-state index in [0.717, 1.165) is 50.3 Å². The standard InChI is InChI=1S/C17H25N3O3/c1-12-10-15(16(21)18-13(12)2)17(22)20-7-5-19(6-8-20)11-14-4-3-9-23-14/h10,14H,3-9,11H2,1-2H3,(H,18,21). The van der Waals surface area contributed by atoms with Crippen molar-refractivity contribution < 1.29 is 9.53 Å². The van der Waals surface area contributed by atoms with E-state index < -0.39 is 0 Å². The van der Waals surface area contributed by atoms with Crippen LogP contribution >= 0.6 is 0 Å². The first-order chi connectivity index (χ1) is 11.0. The van der Waals surface area contributed by atoms with Crippen LogP contribution in [0.25, 0.3) is 0 Å². The van der Waals surface area contributed by atoms with E-state index in [2.05, 4.69) is 9.88 Å². The molecule has 1 amide bonds. The molecule has 126 valence electrons. The molecule has 1 aromatic rings. The average Bonchev–Trinajstić information content (AvgIpc) is 3.04. The number of carbonyl (C=O) groups is 1. The fraction of sp³-hybridized carbons (Fsp3) is 0.647. The first kappa shape index (κ1) is 16.2. The average molecular weight is 319 g/mol. The number of hydrogen-bond donors (Lipinski definition) is 1. The van der Waals surface area contributed by atoms with Gasteiger partial charge in [-0.05, 0) is 38.3 Å². The second-order valence-electron chi connectivity index (χ2n) is 6.55. The Kier molecular flexibility index (Phi) is 4.82. The maximum absolute atomic E-state index is 12.6. The van der Waals surface area contributed by atoms with Crippen LogP contribution in [0.2, 0.25) is 0 Å². The number of piperazine rings is 1. The Hall–Kier alpha value is -1.66. The van der Waals surface area contributed by atoms with Gasteiger partial charge in [0.25, 0.3) is 11.5 Å². The molecule has 1 atom stereocenters. The molecule has 23 heavy (non-hydrogen) atoms. The van der Waals surface area contributed by atoms with Gasteiger partial charge in [-0.3, -0.25) is 14.5 Å². The zero-order valence-corrected chi connectivity index (χ0v) is 13.9. The highest BCUT2D eigenvalue weighted by atomic mass is 16.5. The number of amides is 1. The Bertz CT molecular complexity index is 626. The van der Waals surface area contributed by atoms with Crippen LogP contribution in [0.15, 0.2) is 10.9 Å². The van der Waals surface area contributed by atoms with Gasteiger partial charge in [-0.25, -0.2) is 0 Å². The molecule has 0 bridgehead atoms. The van der Waals surface area contributed by atoms with E-state index in [1.54, 1.807) is 11.0 Å². The van der Waals surface area contributed by atoms with Gasteiger partial charge < -0.3 is 14.6 Å².